The van der Waals surface area contributed by atoms with Crippen LogP contribution in [0.3, 0.4) is 0 Å². The maximum atomic E-state index is 13.4. The van der Waals surface area contributed by atoms with Gasteiger partial charge < -0.3 is 14.8 Å². The van der Waals surface area contributed by atoms with Crippen molar-refractivity contribution in [2.45, 2.75) is 18.2 Å². The number of aryl methyl sites for hydroxylation is 1. The second kappa shape index (κ2) is 9.97. The van der Waals surface area contributed by atoms with Gasteiger partial charge in [-0.15, -0.1) is 0 Å². The molecular formula is C25H23ClN2O6S. The molecule has 0 bridgehead atoms. The van der Waals surface area contributed by atoms with E-state index < -0.39 is 28.5 Å². The molecule has 1 N–H and O–H groups in total. The SMILES string of the molecule is COc1ccc(S(=O)(=O)N2CCc3ccccc32)cc1C(=O)OCC(=O)Nc1cc(Cl)ccc1C. The number of rotatable bonds is 7. The van der Waals surface area contributed by atoms with E-state index in [4.69, 9.17) is 21.1 Å². The molecular weight excluding hydrogens is 492 g/mol. The maximum Gasteiger partial charge on any atom is 0.342 e. The molecule has 1 aliphatic heterocycles. The summed E-state index contributed by atoms with van der Waals surface area (Å²) < 4.78 is 38.4. The van der Waals surface area contributed by atoms with E-state index in [2.05, 4.69) is 5.32 Å². The van der Waals surface area contributed by atoms with E-state index >= 15 is 0 Å². The lowest BCUT2D eigenvalue weighted by Crippen LogP contribution is -2.29. The Balaban J connectivity index is 1.52. The highest BCUT2D eigenvalue weighted by atomic mass is 35.5. The van der Waals surface area contributed by atoms with E-state index in [1.807, 2.05) is 12.1 Å². The van der Waals surface area contributed by atoms with Gasteiger partial charge in [-0.3, -0.25) is 9.10 Å². The number of nitrogens with one attached hydrogen (secondary N) is 1. The highest BCUT2D eigenvalue weighted by Gasteiger charge is 2.32. The summed E-state index contributed by atoms with van der Waals surface area (Å²) in [5.74, 6) is -1.33. The molecule has 0 unspecified atom stereocenters. The van der Waals surface area contributed by atoms with E-state index in [-0.39, 0.29) is 16.2 Å². The van der Waals surface area contributed by atoms with Gasteiger partial charge in [0, 0.05) is 17.3 Å². The standard InChI is InChI=1S/C25H23ClN2O6S/c1-16-7-8-18(26)13-21(16)27-24(29)15-34-25(30)20-14-19(9-10-23(20)33-2)35(31,32)28-12-11-17-5-3-4-6-22(17)28/h3-10,13-14H,11-12,15H2,1-2H3,(H,27,29). The average Bonchev–Trinajstić information content (AvgIpc) is 3.29. The van der Waals surface area contributed by atoms with Crippen molar-refractivity contribution in [2.75, 3.05) is 29.9 Å². The maximum absolute atomic E-state index is 13.4. The molecule has 0 atom stereocenters. The number of fused-ring (bicyclic) bond motifs is 1. The molecule has 182 valence electrons. The van der Waals surface area contributed by atoms with Crippen LogP contribution in [0, 0.1) is 6.92 Å². The zero-order valence-electron chi connectivity index (χ0n) is 19.1. The molecule has 3 aromatic carbocycles. The van der Waals surface area contributed by atoms with Crippen LogP contribution in [0.4, 0.5) is 11.4 Å². The van der Waals surface area contributed by atoms with Crippen molar-refractivity contribution in [1.29, 1.82) is 0 Å². The van der Waals surface area contributed by atoms with Gasteiger partial charge in [0.25, 0.3) is 15.9 Å². The third-order valence-electron chi connectivity index (χ3n) is 5.63. The molecule has 0 fully saturated rings. The normalized spacial score (nSPS) is 12.7. The summed E-state index contributed by atoms with van der Waals surface area (Å²) in [5, 5.41) is 3.08. The fourth-order valence-electron chi connectivity index (χ4n) is 3.82. The van der Waals surface area contributed by atoms with E-state index in [0.717, 1.165) is 11.1 Å². The topological polar surface area (TPSA) is 102 Å². The van der Waals surface area contributed by atoms with Crippen LogP contribution < -0.4 is 14.4 Å². The van der Waals surface area contributed by atoms with Crippen LogP contribution in [0.15, 0.2) is 65.6 Å². The number of ether oxygens (including phenoxy) is 2. The van der Waals surface area contributed by atoms with Crippen LogP contribution >= 0.6 is 11.6 Å². The van der Waals surface area contributed by atoms with Crippen molar-refractivity contribution >= 4 is 44.9 Å². The van der Waals surface area contributed by atoms with Gasteiger partial charge in [-0.1, -0.05) is 35.9 Å². The first-order valence-electron chi connectivity index (χ1n) is 10.7. The molecule has 0 aliphatic carbocycles. The van der Waals surface area contributed by atoms with Gasteiger partial charge in [-0.05, 0) is 60.9 Å². The number of nitrogens with zero attached hydrogens (tertiary/aromatic N) is 1. The second-order valence-corrected chi connectivity index (χ2v) is 10.2. The largest absolute Gasteiger partial charge is 0.496 e. The predicted molar refractivity (Wildman–Crippen MR) is 133 cm³/mol. The molecule has 0 saturated heterocycles. The number of sulfonamides is 1. The number of carbonyl (C=O) groups is 2. The summed E-state index contributed by atoms with van der Waals surface area (Å²) in [7, 11) is -2.58. The number of methoxy groups -OCH3 is 1. The number of hydrogen-bond donors (Lipinski definition) is 1. The molecule has 4 rings (SSSR count). The second-order valence-electron chi connectivity index (χ2n) is 7.90. The van der Waals surface area contributed by atoms with Crippen molar-refractivity contribution in [3.05, 3.63) is 82.4 Å². The van der Waals surface area contributed by atoms with Crippen molar-refractivity contribution in [3.63, 3.8) is 0 Å². The Morgan fingerprint density at radius 2 is 1.86 bits per heavy atom. The minimum atomic E-state index is -3.94. The monoisotopic (exact) mass is 514 g/mol. The van der Waals surface area contributed by atoms with Crippen LogP contribution in [0.2, 0.25) is 5.02 Å². The Morgan fingerprint density at radius 1 is 1.09 bits per heavy atom. The van der Waals surface area contributed by atoms with Gasteiger partial charge in [0.05, 0.1) is 17.7 Å². The zero-order chi connectivity index (χ0) is 25.2. The summed E-state index contributed by atoms with van der Waals surface area (Å²) in [5.41, 5.74) is 2.73. The Hall–Kier alpha value is -3.56. The summed E-state index contributed by atoms with van der Waals surface area (Å²) in [6.45, 7) is 1.52. The summed E-state index contributed by atoms with van der Waals surface area (Å²) in [6.07, 6.45) is 0.599. The number of amides is 1. The molecule has 0 saturated carbocycles. The smallest absolute Gasteiger partial charge is 0.342 e. The van der Waals surface area contributed by atoms with Gasteiger partial charge in [0.1, 0.15) is 11.3 Å². The van der Waals surface area contributed by atoms with Crippen LogP contribution in [-0.2, 0) is 26.0 Å². The molecule has 1 amide bonds. The van der Waals surface area contributed by atoms with Crippen LogP contribution in [0.5, 0.6) is 5.75 Å². The average molecular weight is 515 g/mol. The number of anilines is 2. The Kier molecular flexibility index (Phi) is 7.00. The predicted octanol–water partition coefficient (Wildman–Crippen LogP) is 4.20. The first kappa shape index (κ1) is 24.6. The molecule has 8 nitrogen and oxygen atoms in total. The van der Waals surface area contributed by atoms with E-state index in [1.165, 1.54) is 29.6 Å². The molecule has 1 aliphatic rings. The van der Waals surface area contributed by atoms with Gasteiger partial charge in [0.15, 0.2) is 6.61 Å². The van der Waals surface area contributed by atoms with Crippen LogP contribution in [0.1, 0.15) is 21.5 Å². The molecule has 10 heteroatoms. The van der Waals surface area contributed by atoms with Gasteiger partial charge >= 0.3 is 5.97 Å². The fraction of sp³-hybridized carbons (Fsp3) is 0.200. The number of hydrogen-bond acceptors (Lipinski definition) is 6. The first-order chi connectivity index (χ1) is 16.7. The van der Waals surface area contributed by atoms with Gasteiger partial charge in [-0.25, -0.2) is 13.2 Å². The third kappa shape index (κ3) is 5.11. The number of para-hydroxylation sites is 1. The Morgan fingerprint density at radius 3 is 2.63 bits per heavy atom. The molecule has 3 aromatic rings. The van der Waals surface area contributed by atoms with Crippen molar-refractivity contribution in [2.24, 2.45) is 0 Å². The minimum Gasteiger partial charge on any atom is -0.496 e. The first-order valence-corrected chi connectivity index (χ1v) is 12.5. The minimum absolute atomic E-state index is 0.0824. The highest BCUT2D eigenvalue weighted by Crippen LogP contribution is 2.34. The van der Waals surface area contributed by atoms with Crippen LogP contribution in [-0.4, -0.2) is 40.6 Å². The van der Waals surface area contributed by atoms with Crippen LogP contribution in [0.25, 0.3) is 0 Å². The lowest BCUT2D eigenvalue weighted by Gasteiger charge is -2.20. The third-order valence-corrected chi connectivity index (χ3v) is 7.68. The quantitative estimate of drug-likeness (QED) is 0.474. The molecule has 0 aromatic heterocycles. The van der Waals surface area contributed by atoms with E-state index in [9.17, 15) is 18.0 Å². The van der Waals surface area contributed by atoms with Gasteiger partial charge in [-0.2, -0.15) is 0 Å². The lowest BCUT2D eigenvalue weighted by atomic mass is 10.2. The molecule has 0 radical (unpaired) electrons. The van der Waals surface area contributed by atoms with Crippen molar-refractivity contribution in [1.82, 2.24) is 0 Å². The lowest BCUT2D eigenvalue weighted by molar-refractivity contribution is -0.119. The summed E-state index contributed by atoms with van der Waals surface area (Å²) in [6, 6.07) is 16.3. The van der Waals surface area contributed by atoms with Crippen molar-refractivity contribution < 1.29 is 27.5 Å². The zero-order valence-corrected chi connectivity index (χ0v) is 20.7. The highest BCUT2D eigenvalue weighted by molar-refractivity contribution is 7.92. The molecule has 1 heterocycles. The summed E-state index contributed by atoms with van der Waals surface area (Å²) in [4.78, 5) is 25.0. The molecule has 35 heavy (non-hydrogen) atoms. The number of esters is 1. The number of halogens is 1. The van der Waals surface area contributed by atoms with Gasteiger partial charge in [0.2, 0.25) is 0 Å². The number of benzene rings is 3. The van der Waals surface area contributed by atoms with E-state index in [0.29, 0.717) is 29.4 Å². The van der Waals surface area contributed by atoms with Crippen molar-refractivity contribution in [3.8, 4) is 5.75 Å². The number of carbonyl (C=O) groups excluding carboxylic acids is 2. The van der Waals surface area contributed by atoms with E-state index in [1.54, 1.807) is 37.3 Å². The fourth-order valence-corrected chi connectivity index (χ4v) is 5.52. The molecule has 0 spiro atoms. The Bertz CT molecular complexity index is 1410. The Labute approximate surface area is 208 Å². The summed E-state index contributed by atoms with van der Waals surface area (Å²) >= 11 is 5.96.